The third kappa shape index (κ3) is 4.07. The summed E-state index contributed by atoms with van der Waals surface area (Å²) in [7, 11) is -3.15. The molecule has 0 radical (unpaired) electrons. The second kappa shape index (κ2) is 6.28. The molecule has 0 aromatic heterocycles. The molecule has 2 saturated heterocycles. The van der Waals surface area contributed by atoms with E-state index in [0.717, 1.165) is 38.9 Å². The van der Waals surface area contributed by atoms with Crippen molar-refractivity contribution >= 4 is 10.0 Å². The Morgan fingerprint density at radius 1 is 1.36 bits per heavy atom. The predicted molar refractivity (Wildman–Crippen MR) is 86.0 cm³/mol. The van der Waals surface area contributed by atoms with Crippen LogP contribution in [0.5, 0.6) is 0 Å². The van der Waals surface area contributed by atoms with Gasteiger partial charge in [-0.2, -0.15) is 0 Å². The van der Waals surface area contributed by atoms with E-state index in [9.17, 15) is 8.42 Å². The molecule has 0 amide bonds. The maximum absolute atomic E-state index is 11.4. The van der Waals surface area contributed by atoms with Crippen LogP contribution in [0.25, 0.3) is 0 Å². The van der Waals surface area contributed by atoms with Gasteiger partial charge in [-0.15, -0.1) is 0 Å². The molecule has 2 atom stereocenters. The summed E-state index contributed by atoms with van der Waals surface area (Å²) in [4.78, 5) is 2.40. The van der Waals surface area contributed by atoms with Gasteiger partial charge in [-0.25, -0.2) is 13.1 Å². The van der Waals surface area contributed by atoms with E-state index in [-0.39, 0.29) is 11.6 Å². The monoisotopic (exact) mass is 324 g/mol. The summed E-state index contributed by atoms with van der Waals surface area (Å²) in [5.74, 6) is 0. The van der Waals surface area contributed by atoms with Crippen LogP contribution in [0.1, 0.15) is 24.8 Å². The first kappa shape index (κ1) is 15.9. The Morgan fingerprint density at radius 2 is 2.14 bits per heavy atom. The van der Waals surface area contributed by atoms with Gasteiger partial charge < -0.3 is 4.74 Å². The van der Waals surface area contributed by atoms with Gasteiger partial charge in [-0.05, 0) is 24.8 Å². The van der Waals surface area contributed by atoms with Crippen LogP contribution in [0.3, 0.4) is 0 Å². The molecular formula is C16H24N2O3S. The van der Waals surface area contributed by atoms with Crippen LogP contribution in [-0.2, 0) is 21.3 Å². The smallest absolute Gasteiger partial charge is 0.208 e. The first-order valence-corrected chi connectivity index (χ1v) is 9.71. The zero-order valence-corrected chi connectivity index (χ0v) is 13.8. The minimum absolute atomic E-state index is 0.000394. The lowest BCUT2D eigenvalue weighted by molar-refractivity contribution is -0.0779. The first-order valence-electron chi connectivity index (χ1n) is 7.82. The Labute approximate surface area is 132 Å². The van der Waals surface area contributed by atoms with Gasteiger partial charge in [-0.1, -0.05) is 30.3 Å². The summed E-state index contributed by atoms with van der Waals surface area (Å²) in [5.41, 5.74) is 1.12. The number of hydrogen-bond donors (Lipinski definition) is 1. The Hall–Kier alpha value is -0.950. The molecule has 22 heavy (non-hydrogen) atoms. The summed E-state index contributed by atoms with van der Waals surface area (Å²) in [6.07, 6.45) is 3.73. The van der Waals surface area contributed by atoms with Crippen LogP contribution < -0.4 is 4.72 Å². The SMILES string of the molecule is CS(=O)(=O)N[C@H]1CCO[C@@]2(CCN(Cc3ccccc3)C2)C1. The largest absolute Gasteiger partial charge is 0.373 e. The lowest BCUT2D eigenvalue weighted by Crippen LogP contribution is -2.49. The van der Waals surface area contributed by atoms with E-state index in [2.05, 4.69) is 33.9 Å². The van der Waals surface area contributed by atoms with Crippen molar-refractivity contribution < 1.29 is 13.2 Å². The van der Waals surface area contributed by atoms with Crippen molar-refractivity contribution in [1.29, 1.82) is 0 Å². The van der Waals surface area contributed by atoms with E-state index < -0.39 is 10.0 Å². The molecule has 1 aromatic rings. The van der Waals surface area contributed by atoms with Gasteiger partial charge in [0.05, 0.1) is 11.9 Å². The van der Waals surface area contributed by atoms with E-state index in [0.29, 0.717) is 6.61 Å². The minimum Gasteiger partial charge on any atom is -0.373 e. The molecule has 2 aliphatic heterocycles. The van der Waals surface area contributed by atoms with E-state index >= 15 is 0 Å². The fourth-order valence-electron chi connectivity index (χ4n) is 3.62. The van der Waals surface area contributed by atoms with Crippen molar-refractivity contribution in [3.8, 4) is 0 Å². The van der Waals surface area contributed by atoms with Crippen LogP contribution in [-0.4, -0.2) is 50.9 Å². The lowest BCUT2D eigenvalue weighted by Gasteiger charge is -2.38. The standard InChI is InChI=1S/C16H24N2O3S/c1-22(19,20)17-15-7-10-21-16(11-15)8-9-18(13-16)12-14-5-3-2-4-6-14/h2-6,15,17H,7-13H2,1H3/t15-,16-/m0/s1. The number of benzene rings is 1. The van der Waals surface area contributed by atoms with Crippen LogP contribution in [0.4, 0.5) is 0 Å². The quantitative estimate of drug-likeness (QED) is 0.908. The van der Waals surface area contributed by atoms with Crippen LogP contribution in [0.15, 0.2) is 30.3 Å². The van der Waals surface area contributed by atoms with E-state index in [4.69, 9.17) is 4.74 Å². The lowest BCUT2D eigenvalue weighted by atomic mass is 9.90. The normalized spacial score (nSPS) is 30.0. The molecule has 1 aromatic carbocycles. The molecule has 1 N–H and O–H groups in total. The number of nitrogens with zero attached hydrogens (tertiary/aromatic N) is 1. The average Bonchev–Trinajstić information content (AvgIpc) is 2.80. The van der Waals surface area contributed by atoms with Crippen molar-refractivity contribution in [3.63, 3.8) is 0 Å². The van der Waals surface area contributed by atoms with Gasteiger partial charge in [-0.3, -0.25) is 4.90 Å². The molecule has 5 nitrogen and oxygen atoms in total. The number of likely N-dealkylation sites (tertiary alicyclic amines) is 1. The zero-order chi connectivity index (χ0) is 15.6. The molecular weight excluding hydrogens is 300 g/mol. The number of nitrogens with one attached hydrogen (secondary N) is 1. The van der Waals surface area contributed by atoms with E-state index in [1.165, 1.54) is 11.8 Å². The Morgan fingerprint density at radius 3 is 2.86 bits per heavy atom. The van der Waals surface area contributed by atoms with E-state index in [1.54, 1.807) is 0 Å². The third-order valence-corrected chi connectivity index (χ3v) is 5.28. The van der Waals surface area contributed by atoms with Crippen LogP contribution in [0, 0.1) is 0 Å². The molecule has 1 spiro atoms. The van der Waals surface area contributed by atoms with Crippen molar-refractivity contribution in [3.05, 3.63) is 35.9 Å². The highest BCUT2D eigenvalue weighted by atomic mass is 32.2. The molecule has 2 heterocycles. The van der Waals surface area contributed by atoms with Crippen LogP contribution in [0.2, 0.25) is 0 Å². The number of hydrogen-bond acceptors (Lipinski definition) is 4. The molecule has 0 saturated carbocycles. The highest BCUT2D eigenvalue weighted by Crippen LogP contribution is 2.35. The summed E-state index contributed by atoms with van der Waals surface area (Å²) >= 11 is 0. The Balaban J connectivity index is 1.60. The number of ether oxygens (including phenoxy) is 1. The molecule has 2 fully saturated rings. The third-order valence-electron chi connectivity index (χ3n) is 4.52. The fourth-order valence-corrected chi connectivity index (χ4v) is 4.43. The molecule has 0 bridgehead atoms. The van der Waals surface area contributed by atoms with Crippen molar-refractivity contribution in [1.82, 2.24) is 9.62 Å². The minimum atomic E-state index is -3.15. The first-order chi connectivity index (χ1) is 10.4. The van der Waals surface area contributed by atoms with Gasteiger partial charge in [0.15, 0.2) is 0 Å². The van der Waals surface area contributed by atoms with Gasteiger partial charge in [0.1, 0.15) is 0 Å². The second-order valence-corrected chi connectivity index (χ2v) is 8.34. The highest BCUT2D eigenvalue weighted by Gasteiger charge is 2.43. The van der Waals surface area contributed by atoms with Gasteiger partial charge in [0.25, 0.3) is 0 Å². The summed E-state index contributed by atoms with van der Waals surface area (Å²) in [6, 6.07) is 10.4. The number of sulfonamides is 1. The van der Waals surface area contributed by atoms with E-state index in [1.807, 2.05) is 6.07 Å². The predicted octanol–water partition coefficient (Wildman–Crippen LogP) is 1.36. The van der Waals surface area contributed by atoms with Gasteiger partial charge in [0, 0.05) is 32.3 Å². The summed E-state index contributed by atoms with van der Waals surface area (Å²) < 4.78 is 31.7. The molecule has 0 aliphatic carbocycles. The van der Waals surface area contributed by atoms with Gasteiger partial charge in [0.2, 0.25) is 10.0 Å². The molecule has 6 heteroatoms. The maximum atomic E-state index is 11.4. The second-order valence-electron chi connectivity index (χ2n) is 6.56. The zero-order valence-electron chi connectivity index (χ0n) is 13.0. The summed E-state index contributed by atoms with van der Waals surface area (Å²) in [5, 5.41) is 0. The molecule has 2 aliphatic rings. The molecule has 0 unspecified atom stereocenters. The maximum Gasteiger partial charge on any atom is 0.208 e. The topological polar surface area (TPSA) is 58.6 Å². The Kier molecular flexibility index (Phi) is 4.54. The van der Waals surface area contributed by atoms with Gasteiger partial charge >= 0.3 is 0 Å². The van der Waals surface area contributed by atoms with Crippen molar-refractivity contribution in [2.24, 2.45) is 0 Å². The molecule has 3 rings (SSSR count). The Bertz CT molecular complexity index is 605. The average molecular weight is 324 g/mol. The summed E-state index contributed by atoms with van der Waals surface area (Å²) in [6.45, 7) is 3.44. The molecule has 122 valence electrons. The van der Waals surface area contributed by atoms with Crippen LogP contribution >= 0.6 is 0 Å². The highest BCUT2D eigenvalue weighted by molar-refractivity contribution is 7.88. The fraction of sp³-hybridized carbons (Fsp3) is 0.625. The van der Waals surface area contributed by atoms with Crippen molar-refractivity contribution in [2.75, 3.05) is 26.0 Å². The number of rotatable bonds is 4. The van der Waals surface area contributed by atoms with Crippen molar-refractivity contribution in [2.45, 2.75) is 37.5 Å².